The lowest BCUT2D eigenvalue weighted by atomic mass is 10.1. The number of hydrogen-bond acceptors (Lipinski definition) is 10. The first-order valence-electron chi connectivity index (χ1n) is 15.5. The van der Waals surface area contributed by atoms with Gasteiger partial charge in [-0.05, 0) is 38.0 Å². The molecule has 3 aromatic rings. The second-order valence-corrected chi connectivity index (χ2v) is 11.6. The highest BCUT2D eigenvalue weighted by Gasteiger charge is 2.25. The Morgan fingerprint density at radius 2 is 1.62 bits per heavy atom. The fourth-order valence-corrected chi connectivity index (χ4v) is 5.67. The molecule has 3 heterocycles. The van der Waals surface area contributed by atoms with E-state index in [9.17, 15) is 9.18 Å². The van der Waals surface area contributed by atoms with E-state index in [-0.39, 0.29) is 34.4 Å². The highest BCUT2D eigenvalue weighted by atomic mass is 35.5. The summed E-state index contributed by atoms with van der Waals surface area (Å²) in [4.78, 5) is 18.7. The van der Waals surface area contributed by atoms with E-state index in [1.807, 2.05) is 15.8 Å². The number of carbonyl (C=O) groups is 1. The summed E-state index contributed by atoms with van der Waals surface area (Å²) in [5.74, 6) is -0.152. The number of nitrogen functional groups attached to an aromatic ring is 1. The van der Waals surface area contributed by atoms with Crippen LogP contribution in [0.1, 0.15) is 37.5 Å². The Labute approximate surface area is 284 Å². The number of halogens is 3. The third-order valence-electron chi connectivity index (χ3n) is 7.57. The highest BCUT2D eigenvalue weighted by Crippen LogP contribution is 2.37. The van der Waals surface area contributed by atoms with Crippen molar-refractivity contribution >= 4 is 34.9 Å². The molecule has 15 heteroatoms. The maximum absolute atomic E-state index is 14.1. The van der Waals surface area contributed by atoms with Gasteiger partial charge in [-0.15, -0.1) is 0 Å². The smallest absolute Gasteiger partial charge is 0.248 e. The van der Waals surface area contributed by atoms with Crippen LogP contribution in [0, 0.1) is 5.82 Å². The summed E-state index contributed by atoms with van der Waals surface area (Å²) < 4.78 is 48.6. The normalized spacial score (nSPS) is 14.4. The molecule has 1 aromatic carbocycles. The van der Waals surface area contributed by atoms with Gasteiger partial charge >= 0.3 is 0 Å². The van der Waals surface area contributed by atoms with Gasteiger partial charge in [0.15, 0.2) is 11.6 Å². The fraction of sp³-hybridized carbons (Fsp3) is 0.531. The Balaban J connectivity index is 1.17. The van der Waals surface area contributed by atoms with Crippen LogP contribution in [-0.2, 0) is 28.5 Å². The standard InChI is InChI=1S/C32H42Cl2FN5O7/c1-22(30-26(33)3-4-27(35)31(30)34)47-28-17-23(18-37-32(28)36)24-19-38-40(20-24)25-5-7-39(8-6-25)29(41)21-46-16-15-45-14-13-44-12-11-43-10-9-42-2/h3-4,17-20,22,25H,5-16,21H2,1-2H3,(H2,36,37)/t22-/m1/s1. The molecule has 2 aromatic heterocycles. The molecule has 0 saturated carbocycles. The monoisotopic (exact) mass is 697 g/mol. The molecule has 0 unspecified atom stereocenters. The van der Waals surface area contributed by atoms with Gasteiger partial charge in [-0.2, -0.15) is 5.10 Å². The highest BCUT2D eigenvalue weighted by molar-refractivity contribution is 6.36. The van der Waals surface area contributed by atoms with Gasteiger partial charge in [-0.3, -0.25) is 9.48 Å². The van der Waals surface area contributed by atoms with Crippen molar-refractivity contribution in [3.8, 4) is 16.9 Å². The number of nitrogens with zero attached hydrogens (tertiary/aromatic N) is 4. The summed E-state index contributed by atoms with van der Waals surface area (Å²) in [5.41, 5.74) is 7.98. The number of ether oxygens (including phenoxy) is 6. The Kier molecular flexibility index (Phi) is 14.9. The SMILES string of the molecule is COCCOCCOCCOCCOCC(=O)N1CCC(n2cc(-c3cnc(N)c(O[C@H](C)c4c(Cl)ccc(F)c4Cl)c3)cn2)CC1. The predicted molar refractivity (Wildman–Crippen MR) is 175 cm³/mol. The first-order chi connectivity index (χ1) is 22.8. The van der Waals surface area contributed by atoms with Gasteiger partial charge in [0.25, 0.3) is 0 Å². The van der Waals surface area contributed by atoms with Crippen LogP contribution in [-0.4, -0.2) is 105 Å². The molecule has 0 spiro atoms. The molecular weight excluding hydrogens is 656 g/mol. The minimum absolute atomic E-state index is 0.0139. The Bertz CT molecular complexity index is 1420. The number of nitrogens with two attached hydrogens (primary N) is 1. The topological polar surface area (TPSA) is 132 Å². The summed E-state index contributed by atoms with van der Waals surface area (Å²) in [7, 11) is 1.63. The Morgan fingerprint density at radius 1 is 0.979 bits per heavy atom. The number of methoxy groups -OCH3 is 1. The Morgan fingerprint density at radius 3 is 2.28 bits per heavy atom. The third-order valence-corrected chi connectivity index (χ3v) is 8.28. The molecule has 1 fully saturated rings. The van der Waals surface area contributed by atoms with E-state index in [1.165, 1.54) is 12.1 Å². The van der Waals surface area contributed by atoms with Crippen LogP contribution < -0.4 is 10.5 Å². The predicted octanol–water partition coefficient (Wildman–Crippen LogP) is 4.99. The first kappa shape index (κ1) is 36.8. The molecule has 258 valence electrons. The minimum atomic E-state index is -0.688. The summed E-state index contributed by atoms with van der Waals surface area (Å²) in [5, 5.41) is 4.76. The number of hydrogen-bond donors (Lipinski definition) is 1. The molecule has 0 bridgehead atoms. The first-order valence-corrected chi connectivity index (χ1v) is 16.2. The number of rotatable bonds is 19. The number of piperidine rings is 1. The number of benzene rings is 1. The zero-order valence-electron chi connectivity index (χ0n) is 26.7. The maximum atomic E-state index is 14.1. The molecule has 4 rings (SSSR count). The molecular formula is C32H42Cl2FN5O7. The Hall–Kier alpha value is -3.04. The van der Waals surface area contributed by atoms with Crippen molar-refractivity contribution in [2.24, 2.45) is 0 Å². The molecule has 0 aliphatic carbocycles. The number of pyridine rings is 1. The van der Waals surface area contributed by atoms with Crippen molar-refractivity contribution in [1.29, 1.82) is 0 Å². The molecule has 1 saturated heterocycles. The van der Waals surface area contributed by atoms with Crippen LogP contribution in [0.4, 0.5) is 10.2 Å². The van der Waals surface area contributed by atoms with Gasteiger partial charge in [-0.25, -0.2) is 9.37 Å². The lowest BCUT2D eigenvalue weighted by molar-refractivity contribution is -0.138. The van der Waals surface area contributed by atoms with Crippen LogP contribution in [0.5, 0.6) is 5.75 Å². The van der Waals surface area contributed by atoms with Crippen molar-refractivity contribution in [3.63, 3.8) is 0 Å². The number of amides is 1. The van der Waals surface area contributed by atoms with Crippen molar-refractivity contribution in [2.75, 3.05) is 85.4 Å². The summed E-state index contributed by atoms with van der Waals surface area (Å²) >= 11 is 12.4. The van der Waals surface area contributed by atoms with Crippen LogP contribution in [0.2, 0.25) is 10.0 Å². The second kappa shape index (κ2) is 19.1. The van der Waals surface area contributed by atoms with Crippen molar-refractivity contribution in [3.05, 3.63) is 58.2 Å². The van der Waals surface area contributed by atoms with Gasteiger partial charge in [0.05, 0.1) is 70.1 Å². The number of aromatic nitrogens is 3. The largest absolute Gasteiger partial charge is 0.482 e. The molecule has 1 aliphatic heterocycles. The minimum Gasteiger partial charge on any atom is -0.482 e. The zero-order chi connectivity index (χ0) is 33.6. The summed E-state index contributed by atoms with van der Waals surface area (Å²) in [6.07, 6.45) is 6.15. The van der Waals surface area contributed by atoms with Crippen molar-refractivity contribution in [1.82, 2.24) is 19.7 Å². The van der Waals surface area contributed by atoms with Gasteiger partial charge in [-0.1, -0.05) is 23.2 Å². The van der Waals surface area contributed by atoms with E-state index in [1.54, 1.807) is 32.5 Å². The third kappa shape index (κ3) is 11.0. The average Bonchev–Trinajstić information content (AvgIpc) is 3.57. The van der Waals surface area contributed by atoms with Crippen molar-refractivity contribution < 1.29 is 37.6 Å². The van der Waals surface area contributed by atoms with Crippen LogP contribution in [0.15, 0.2) is 36.8 Å². The molecule has 1 amide bonds. The second-order valence-electron chi connectivity index (χ2n) is 10.8. The molecule has 1 aliphatic rings. The number of carbonyl (C=O) groups excluding carboxylic acids is 1. The zero-order valence-corrected chi connectivity index (χ0v) is 28.2. The van der Waals surface area contributed by atoms with Crippen LogP contribution >= 0.6 is 23.2 Å². The lowest BCUT2D eigenvalue weighted by Crippen LogP contribution is -2.41. The summed E-state index contributed by atoms with van der Waals surface area (Å²) in [6, 6.07) is 4.52. The van der Waals surface area contributed by atoms with Gasteiger partial charge in [0.2, 0.25) is 5.91 Å². The van der Waals surface area contributed by atoms with E-state index in [0.717, 1.165) is 24.0 Å². The summed E-state index contributed by atoms with van der Waals surface area (Å²) in [6.45, 7) is 6.69. The van der Waals surface area contributed by atoms with E-state index < -0.39 is 11.9 Å². The van der Waals surface area contributed by atoms with E-state index in [0.29, 0.717) is 77.3 Å². The average molecular weight is 699 g/mol. The van der Waals surface area contributed by atoms with Crippen LogP contribution in [0.3, 0.4) is 0 Å². The maximum Gasteiger partial charge on any atom is 0.248 e. The van der Waals surface area contributed by atoms with E-state index in [4.69, 9.17) is 57.4 Å². The van der Waals surface area contributed by atoms with E-state index in [2.05, 4.69) is 10.1 Å². The molecule has 47 heavy (non-hydrogen) atoms. The van der Waals surface area contributed by atoms with Crippen LogP contribution in [0.25, 0.3) is 11.1 Å². The molecule has 1 atom stereocenters. The van der Waals surface area contributed by atoms with E-state index >= 15 is 0 Å². The van der Waals surface area contributed by atoms with Gasteiger partial charge < -0.3 is 39.1 Å². The molecule has 12 nitrogen and oxygen atoms in total. The van der Waals surface area contributed by atoms with Gasteiger partial charge in [0.1, 0.15) is 18.5 Å². The lowest BCUT2D eigenvalue weighted by Gasteiger charge is -2.32. The van der Waals surface area contributed by atoms with Gasteiger partial charge in [0, 0.05) is 54.3 Å². The number of likely N-dealkylation sites (tertiary alicyclic amines) is 1. The number of anilines is 1. The quantitative estimate of drug-likeness (QED) is 0.135. The fourth-order valence-electron chi connectivity index (χ4n) is 4.99. The molecule has 2 N–H and O–H groups in total. The van der Waals surface area contributed by atoms with Crippen molar-refractivity contribution in [2.45, 2.75) is 31.9 Å². The molecule has 0 radical (unpaired) electrons.